The minimum atomic E-state index is -0.416. The Morgan fingerprint density at radius 1 is 0.533 bits per heavy atom. The number of hydrogen-bond acceptors (Lipinski definition) is 4. The first kappa shape index (κ1) is 17.1. The quantitative estimate of drug-likeness (QED) is 0.263. The summed E-state index contributed by atoms with van der Waals surface area (Å²) in [6.45, 7) is 2.39. The molecule has 144 valence electrons. The van der Waals surface area contributed by atoms with Crippen LogP contribution in [0.2, 0.25) is 0 Å². The number of rotatable bonds is 2. The van der Waals surface area contributed by atoms with E-state index in [9.17, 15) is 0 Å². The van der Waals surface area contributed by atoms with Crippen LogP contribution in [0.4, 0.5) is 0 Å². The molecule has 0 aromatic heterocycles. The summed E-state index contributed by atoms with van der Waals surface area (Å²) in [5, 5.41) is 9.90. The summed E-state index contributed by atoms with van der Waals surface area (Å²) in [5.74, 6) is 0. The largest absolute Gasteiger partial charge is 0.494 e. The van der Waals surface area contributed by atoms with E-state index in [-0.39, 0.29) is 0 Å². The molecular formula is C24H18B2O4. The van der Waals surface area contributed by atoms with Crippen molar-refractivity contribution in [1.29, 1.82) is 0 Å². The van der Waals surface area contributed by atoms with Gasteiger partial charge in [0.25, 0.3) is 0 Å². The first-order chi connectivity index (χ1) is 14.9. The van der Waals surface area contributed by atoms with Crippen LogP contribution in [-0.2, 0) is 18.6 Å². The zero-order chi connectivity index (χ0) is 19.7. The van der Waals surface area contributed by atoms with Gasteiger partial charge < -0.3 is 18.6 Å². The van der Waals surface area contributed by atoms with E-state index in [0.717, 1.165) is 10.9 Å². The van der Waals surface area contributed by atoms with Crippen LogP contribution >= 0.6 is 0 Å². The van der Waals surface area contributed by atoms with Crippen LogP contribution in [0.5, 0.6) is 0 Å². The van der Waals surface area contributed by atoms with E-state index in [2.05, 4.69) is 60.7 Å². The van der Waals surface area contributed by atoms with Crippen molar-refractivity contribution in [2.24, 2.45) is 0 Å². The molecule has 2 aliphatic heterocycles. The molecule has 5 aromatic rings. The summed E-state index contributed by atoms with van der Waals surface area (Å²) in [4.78, 5) is 0. The fourth-order valence-corrected chi connectivity index (χ4v) is 5.28. The maximum absolute atomic E-state index is 6.05. The smallest absolute Gasteiger partial charge is 0.405 e. The molecule has 5 aromatic carbocycles. The van der Waals surface area contributed by atoms with E-state index in [0.29, 0.717) is 26.4 Å². The average Bonchev–Trinajstić information content (AvgIpc) is 3.51. The second-order valence-electron chi connectivity index (χ2n) is 8.01. The van der Waals surface area contributed by atoms with Crippen LogP contribution in [0.3, 0.4) is 0 Å². The standard InChI is InChI=1S/C24H18B2O4/c1-4-15-5-2-9-19-21(15)17(7-1)18-8-3-6-16-14-20(25-27-10-11-28-25)24(23(19)22(16)18)26-29-12-13-30-26/h1-9,14H,10-13H2. The second kappa shape index (κ2) is 6.43. The monoisotopic (exact) mass is 392 g/mol. The highest BCUT2D eigenvalue weighted by Crippen LogP contribution is 2.39. The van der Waals surface area contributed by atoms with Gasteiger partial charge in [-0.2, -0.15) is 0 Å². The minimum Gasteiger partial charge on any atom is -0.405 e. The van der Waals surface area contributed by atoms with Crippen molar-refractivity contribution in [3.63, 3.8) is 0 Å². The van der Waals surface area contributed by atoms with Gasteiger partial charge in [0.05, 0.1) is 26.4 Å². The molecule has 0 bridgehead atoms. The van der Waals surface area contributed by atoms with E-state index in [1.54, 1.807) is 0 Å². The van der Waals surface area contributed by atoms with Crippen LogP contribution in [0, 0.1) is 0 Å². The Morgan fingerprint density at radius 2 is 1.10 bits per heavy atom. The van der Waals surface area contributed by atoms with Gasteiger partial charge >= 0.3 is 14.2 Å². The molecule has 0 radical (unpaired) electrons. The molecule has 2 heterocycles. The predicted molar refractivity (Wildman–Crippen MR) is 122 cm³/mol. The van der Waals surface area contributed by atoms with Crippen LogP contribution in [-0.4, -0.2) is 40.7 Å². The third-order valence-electron chi connectivity index (χ3n) is 6.44. The van der Waals surface area contributed by atoms with Gasteiger partial charge in [0, 0.05) is 0 Å². The van der Waals surface area contributed by atoms with E-state index >= 15 is 0 Å². The van der Waals surface area contributed by atoms with Crippen LogP contribution in [0.25, 0.3) is 43.1 Å². The highest BCUT2D eigenvalue weighted by Gasteiger charge is 2.38. The Balaban J connectivity index is 1.75. The van der Waals surface area contributed by atoms with Gasteiger partial charge in [0.1, 0.15) is 0 Å². The average molecular weight is 392 g/mol. The third-order valence-corrected chi connectivity index (χ3v) is 6.44. The molecule has 0 amide bonds. The highest BCUT2D eigenvalue weighted by atomic mass is 16.6. The molecule has 0 N–H and O–H groups in total. The molecule has 30 heavy (non-hydrogen) atoms. The topological polar surface area (TPSA) is 36.9 Å². The highest BCUT2D eigenvalue weighted by molar-refractivity contribution is 6.77. The van der Waals surface area contributed by atoms with Gasteiger partial charge in [-0.3, -0.25) is 0 Å². The van der Waals surface area contributed by atoms with Crippen LogP contribution in [0.15, 0.2) is 60.7 Å². The molecular weight excluding hydrogens is 374 g/mol. The molecule has 0 saturated carbocycles. The molecule has 2 fully saturated rings. The molecule has 4 nitrogen and oxygen atoms in total. The maximum Gasteiger partial charge on any atom is 0.494 e. The molecule has 6 heteroatoms. The Labute approximate surface area is 174 Å². The SMILES string of the molecule is c1cc2cccc3c4c(B5OCCO5)c(B5OCCO5)cc5cccc(c(c1)c23)c54. The Morgan fingerprint density at radius 3 is 1.80 bits per heavy atom. The first-order valence-corrected chi connectivity index (χ1v) is 10.5. The van der Waals surface area contributed by atoms with E-state index in [4.69, 9.17) is 18.6 Å². The summed E-state index contributed by atoms with van der Waals surface area (Å²) in [5.41, 5.74) is 2.05. The van der Waals surface area contributed by atoms with Crippen molar-refractivity contribution in [2.45, 2.75) is 0 Å². The van der Waals surface area contributed by atoms with E-state index in [1.807, 2.05) is 0 Å². The van der Waals surface area contributed by atoms with Crippen molar-refractivity contribution in [2.75, 3.05) is 26.4 Å². The van der Waals surface area contributed by atoms with Gasteiger partial charge in [0.15, 0.2) is 0 Å². The molecule has 0 aliphatic carbocycles. The lowest BCUT2D eigenvalue weighted by Gasteiger charge is -2.21. The number of benzene rings is 5. The zero-order valence-electron chi connectivity index (χ0n) is 16.4. The van der Waals surface area contributed by atoms with Gasteiger partial charge in [-0.1, -0.05) is 60.7 Å². The second-order valence-corrected chi connectivity index (χ2v) is 8.01. The van der Waals surface area contributed by atoms with E-state index in [1.165, 1.54) is 43.1 Å². The van der Waals surface area contributed by atoms with Crippen LogP contribution in [0.1, 0.15) is 0 Å². The van der Waals surface area contributed by atoms with Gasteiger partial charge in [-0.05, 0) is 54.0 Å². The fraction of sp³-hybridized carbons (Fsp3) is 0.167. The lowest BCUT2D eigenvalue weighted by Crippen LogP contribution is -2.51. The molecule has 2 aliphatic rings. The number of hydrogen-bond donors (Lipinski definition) is 0. The van der Waals surface area contributed by atoms with Gasteiger partial charge in [-0.25, -0.2) is 0 Å². The molecule has 7 rings (SSSR count). The van der Waals surface area contributed by atoms with Gasteiger partial charge in [-0.15, -0.1) is 0 Å². The predicted octanol–water partition coefficient (Wildman–Crippen LogP) is 3.22. The lowest BCUT2D eigenvalue weighted by atomic mass is 9.62. The molecule has 0 spiro atoms. The molecule has 0 atom stereocenters. The van der Waals surface area contributed by atoms with Crippen molar-refractivity contribution >= 4 is 68.3 Å². The molecule has 0 unspecified atom stereocenters. The third kappa shape index (κ3) is 2.28. The van der Waals surface area contributed by atoms with Crippen molar-refractivity contribution < 1.29 is 18.6 Å². The lowest BCUT2D eigenvalue weighted by molar-refractivity contribution is 0.365. The summed E-state index contributed by atoms with van der Waals surface area (Å²) in [7, 11) is -0.811. The fourth-order valence-electron chi connectivity index (χ4n) is 5.28. The summed E-state index contributed by atoms with van der Waals surface area (Å²) < 4.78 is 24.0. The van der Waals surface area contributed by atoms with Crippen molar-refractivity contribution in [3.05, 3.63) is 60.7 Å². The normalized spacial score (nSPS) is 17.5. The van der Waals surface area contributed by atoms with Crippen molar-refractivity contribution in [3.8, 4) is 0 Å². The van der Waals surface area contributed by atoms with Gasteiger partial charge in [0.2, 0.25) is 0 Å². The zero-order valence-corrected chi connectivity index (χ0v) is 16.4. The number of fused-ring (bicyclic) bond motifs is 2. The Bertz CT molecular complexity index is 1420. The summed E-state index contributed by atoms with van der Waals surface area (Å²) in [6, 6.07) is 21.8. The van der Waals surface area contributed by atoms with Crippen molar-refractivity contribution in [1.82, 2.24) is 0 Å². The van der Waals surface area contributed by atoms with E-state index < -0.39 is 14.2 Å². The Kier molecular flexibility index (Phi) is 3.66. The molecule has 2 saturated heterocycles. The maximum atomic E-state index is 6.05. The Hall–Kier alpha value is -2.63. The van der Waals surface area contributed by atoms with Crippen LogP contribution < -0.4 is 10.9 Å². The minimum absolute atomic E-state index is 0.395. The summed E-state index contributed by atoms with van der Waals surface area (Å²) in [6.07, 6.45) is 0. The first-order valence-electron chi connectivity index (χ1n) is 10.5. The summed E-state index contributed by atoms with van der Waals surface area (Å²) >= 11 is 0.